The molecule has 0 radical (unpaired) electrons. The van der Waals surface area contributed by atoms with Crippen molar-refractivity contribution in [2.24, 2.45) is 0 Å². The highest BCUT2D eigenvalue weighted by Crippen LogP contribution is 2.16. The van der Waals surface area contributed by atoms with E-state index in [2.05, 4.69) is 34.5 Å². The first kappa shape index (κ1) is 15.2. The lowest BCUT2D eigenvalue weighted by Gasteiger charge is -2.29. The number of anilines is 1. The van der Waals surface area contributed by atoms with Crippen molar-refractivity contribution in [1.29, 1.82) is 0 Å². The number of piperazine rings is 1. The van der Waals surface area contributed by atoms with Crippen LogP contribution in [0.25, 0.3) is 0 Å². The van der Waals surface area contributed by atoms with Crippen molar-refractivity contribution in [3.63, 3.8) is 0 Å². The zero-order chi connectivity index (χ0) is 11.9. The van der Waals surface area contributed by atoms with E-state index >= 15 is 0 Å². The number of hydrogen-bond acceptors (Lipinski definition) is 3. The summed E-state index contributed by atoms with van der Waals surface area (Å²) in [6, 6.07) is 8.32. The summed E-state index contributed by atoms with van der Waals surface area (Å²) in [5.74, 6) is 0. The van der Waals surface area contributed by atoms with Gasteiger partial charge in [-0.2, -0.15) is 0 Å². The molecule has 0 bridgehead atoms. The number of benzene rings is 1. The molecule has 1 aliphatic heterocycles. The number of alkyl halides is 1. The van der Waals surface area contributed by atoms with Gasteiger partial charge >= 0.3 is 0 Å². The molecule has 2 rings (SSSR count). The van der Waals surface area contributed by atoms with Crippen LogP contribution < -0.4 is 10.2 Å². The standard InChI is InChI=1S/C13H19FN2O.ClH/c14-5-10-17-11-12-1-3-13(4-2-12)16-8-6-15-7-9-16;/h1-4,15H,5-11H2;1H. The highest BCUT2D eigenvalue weighted by molar-refractivity contribution is 5.85. The minimum Gasteiger partial charge on any atom is -0.374 e. The Morgan fingerprint density at radius 2 is 1.83 bits per heavy atom. The van der Waals surface area contributed by atoms with Gasteiger partial charge in [0.05, 0.1) is 13.2 Å². The normalized spacial score (nSPS) is 15.3. The SMILES string of the molecule is Cl.FCCOCc1ccc(N2CCNCC2)cc1. The topological polar surface area (TPSA) is 24.5 Å². The first-order valence-corrected chi connectivity index (χ1v) is 6.08. The van der Waals surface area contributed by atoms with Crippen LogP contribution in [0.1, 0.15) is 5.56 Å². The van der Waals surface area contributed by atoms with Crippen molar-refractivity contribution < 1.29 is 9.13 Å². The molecule has 3 nitrogen and oxygen atoms in total. The first-order chi connectivity index (χ1) is 8.40. The van der Waals surface area contributed by atoms with E-state index < -0.39 is 6.67 Å². The Kier molecular flexibility index (Phi) is 7.01. The van der Waals surface area contributed by atoms with Crippen molar-refractivity contribution in [2.45, 2.75) is 6.61 Å². The highest BCUT2D eigenvalue weighted by atomic mass is 35.5. The van der Waals surface area contributed by atoms with E-state index in [1.54, 1.807) is 0 Å². The first-order valence-electron chi connectivity index (χ1n) is 6.08. The molecule has 0 amide bonds. The summed E-state index contributed by atoms with van der Waals surface area (Å²) in [6.07, 6.45) is 0. The molecule has 1 fully saturated rings. The van der Waals surface area contributed by atoms with Crippen LogP contribution in [0.4, 0.5) is 10.1 Å². The summed E-state index contributed by atoms with van der Waals surface area (Å²) in [4.78, 5) is 2.36. The Labute approximate surface area is 114 Å². The van der Waals surface area contributed by atoms with Gasteiger partial charge in [0.2, 0.25) is 0 Å². The summed E-state index contributed by atoms with van der Waals surface area (Å²) >= 11 is 0. The van der Waals surface area contributed by atoms with Gasteiger partial charge in [-0.05, 0) is 17.7 Å². The Morgan fingerprint density at radius 1 is 1.17 bits per heavy atom. The lowest BCUT2D eigenvalue weighted by atomic mass is 10.2. The molecule has 18 heavy (non-hydrogen) atoms. The summed E-state index contributed by atoms with van der Waals surface area (Å²) in [6.45, 7) is 4.45. The maximum Gasteiger partial charge on any atom is 0.113 e. The van der Waals surface area contributed by atoms with E-state index in [0.717, 1.165) is 31.7 Å². The molecule has 1 aromatic rings. The number of halogens is 2. The number of nitrogens with one attached hydrogen (secondary N) is 1. The van der Waals surface area contributed by atoms with Crippen molar-refractivity contribution in [3.8, 4) is 0 Å². The van der Waals surface area contributed by atoms with Crippen molar-refractivity contribution >= 4 is 18.1 Å². The largest absolute Gasteiger partial charge is 0.374 e. The van der Waals surface area contributed by atoms with E-state index in [0.29, 0.717) is 6.61 Å². The smallest absolute Gasteiger partial charge is 0.113 e. The molecule has 0 atom stereocenters. The third kappa shape index (κ3) is 4.44. The Balaban J connectivity index is 0.00000162. The second-order valence-corrected chi connectivity index (χ2v) is 4.15. The van der Waals surface area contributed by atoms with Gasteiger partial charge in [0.15, 0.2) is 0 Å². The van der Waals surface area contributed by atoms with Crippen LogP contribution in [0.5, 0.6) is 0 Å². The fourth-order valence-corrected chi connectivity index (χ4v) is 1.97. The quantitative estimate of drug-likeness (QED) is 0.832. The van der Waals surface area contributed by atoms with E-state index in [-0.39, 0.29) is 19.0 Å². The monoisotopic (exact) mass is 274 g/mol. The molecular weight excluding hydrogens is 255 g/mol. The molecular formula is C13H20ClFN2O. The number of nitrogens with zero attached hydrogens (tertiary/aromatic N) is 1. The predicted molar refractivity (Wildman–Crippen MR) is 74.4 cm³/mol. The molecule has 1 aromatic carbocycles. The van der Waals surface area contributed by atoms with Gasteiger partial charge in [-0.3, -0.25) is 0 Å². The van der Waals surface area contributed by atoms with E-state index in [1.807, 2.05) is 0 Å². The molecule has 0 unspecified atom stereocenters. The molecule has 1 aliphatic rings. The fourth-order valence-electron chi connectivity index (χ4n) is 1.97. The molecule has 0 saturated carbocycles. The maximum atomic E-state index is 11.9. The van der Waals surface area contributed by atoms with Crippen LogP contribution in [-0.2, 0) is 11.3 Å². The van der Waals surface area contributed by atoms with Crippen LogP contribution in [-0.4, -0.2) is 39.5 Å². The summed E-state index contributed by atoms with van der Waals surface area (Å²) in [7, 11) is 0. The van der Waals surface area contributed by atoms with E-state index in [9.17, 15) is 4.39 Å². The van der Waals surface area contributed by atoms with E-state index in [1.165, 1.54) is 5.69 Å². The average Bonchev–Trinajstić information content (AvgIpc) is 2.41. The van der Waals surface area contributed by atoms with Gasteiger partial charge in [-0.15, -0.1) is 12.4 Å². The Bertz CT molecular complexity index is 328. The summed E-state index contributed by atoms with van der Waals surface area (Å²) < 4.78 is 17.0. The average molecular weight is 275 g/mol. The third-order valence-corrected chi connectivity index (χ3v) is 2.91. The number of ether oxygens (including phenoxy) is 1. The van der Waals surface area contributed by atoms with Gasteiger partial charge in [0.25, 0.3) is 0 Å². The van der Waals surface area contributed by atoms with Crippen LogP contribution >= 0.6 is 12.4 Å². The fraction of sp³-hybridized carbons (Fsp3) is 0.538. The highest BCUT2D eigenvalue weighted by Gasteiger charge is 2.09. The van der Waals surface area contributed by atoms with Gasteiger partial charge in [-0.1, -0.05) is 12.1 Å². The molecule has 0 aliphatic carbocycles. The Morgan fingerprint density at radius 3 is 2.44 bits per heavy atom. The van der Waals surface area contributed by atoms with Crippen molar-refractivity contribution in [3.05, 3.63) is 29.8 Å². The number of hydrogen-bond donors (Lipinski definition) is 1. The summed E-state index contributed by atoms with van der Waals surface area (Å²) in [5.41, 5.74) is 2.35. The minimum absolute atomic E-state index is 0. The number of rotatable bonds is 5. The minimum atomic E-state index is -0.418. The van der Waals surface area contributed by atoms with Crippen molar-refractivity contribution in [1.82, 2.24) is 5.32 Å². The van der Waals surface area contributed by atoms with Crippen LogP contribution in [0.15, 0.2) is 24.3 Å². The molecule has 0 aromatic heterocycles. The van der Waals surface area contributed by atoms with Gasteiger partial charge < -0.3 is 15.0 Å². The van der Waals surface area contributed by atoms with Crippen LogP contribution in [0.2, 0.25) is 0 Å². The van der Waals surface area contributed by atoms with Crippen LogP contribution in [0, 0.1) is 0 Å². The van der Waals surface area contributed by atoms with Gasteiger partial charge in [-0.25, -0.2) is 4.39 Å². The molecule has 0 spiro atoms. The second-order valence-electron chi connectivity index (χ2n) is 4.15. The summed E-state index contributed by atoms with van der Waals surface area (Å²) in [5, 5.41) is 3.33. The lowest BCUT2D eigenvalue weighted by Crippen LogP contribution is -2.43. The molecule has 5 heteroatoms. The zero-order valence-corrected chi connectivity index (χ0v) is 11.2. The lowest BCUT2D eigenvalue weighted by molar-refractivity contribution is 0.106. The molecule has 102 valence electrons. The van der Waals surface area contributed by atoms with Gasteiger partial charge in [0, 0.05) is 31.9 Å². The maximum absolute atomic E-state index is 11.9. The van der Waals surface area contributed by atoms with Crippen molar-refractivity contribution in [2.75, 3.05) is 44.4 Å². The third-order valence-electron chi connectivity index (χ3n) is 2.91. The second kappa shape index (κ2) is 8.29. The molecule has 1 saturated heterocycles. The zero-order valence-electron chi connectivity index (χ0n) is 10.4. The Hall–Kier alpha value is -0.840. The van der Waals surface area contributed by atoms with Crippen LogP contribution in [0.3, 0.4) is 0 Å². The molecule has 1 heterocycles. The van der Waals surface area contributed by atoms with Gasteiger partial charge in [0.1, 0.15) is 6.67 Å². The van der Waals surface area contributed by atoms with E-state index in [4.69, 9.17) is 4.74 Å². The molecule has 1 N–H and O–H groups in total. The predicted octanol–water partition coefficient (Wildman–Crippen LogP) is 2.00.